The molecule has 0 saturated heterocycles. The van der Waals surface area contributed by atoms with Crippen LogP contribution in [-0.2, 0) is 4.79 Å². The van der Waals surface area contributed by atoms with E-state index < -0.39 is 0 Å². The maximum absolute atomic E-state index is 13.1. The maximum Gasteiger partial charge on any atom is 0.259 e. The third-order valence-electron chi connectivity index (χ3n) is 4.57. The molecule has 0 bridgehead atoms. The molecular weight excluding hydrogens is 400 g/mol. The molecule has 4 rings (SSSR count). The molecule has 0 aliphatic carbocycles. The fraction of sp³-hybridized carbons (Fsp3) is 0.182. The van der Waals surface area contributed by atoms with E-state index in [4.69, 9.17) is 4.52 Å². The number of fused-ring (bicyclic) bond motifs is 1. The average molecular weight is 420 g/mol. The number of benzene rings is 1. The molecule has 2 amide bonds. The van der Waals surface area contributed by atoms with Crippen molar-refractivity contribution in [2.45, 2.75) is 20.8 Å². The van der Waals surface area contributed by atoms with E-state index >= 15 is 0 Å². The van der Waals surface area contributed by atoms with E-state index in [0.717, 1.165) is 4.88 Å². The van der Waals surface area contributed by atoms with E-state index in [2.05, 4.69) is 20.8 Å². The van der Waals surface area contributed by atoms with Crippen LogP contribution in [0.2, 0.25) is 0 Å². The minimum Gasteiger partial charge on any atom is -0.335 e. The standard InChI is InChI=1S/C22H20N4O3S/c1-12(2)20(27)23-14-6-8-15(9-7-14)24-21(28)16-11-17(18-5-4-10-30-18)25-22-19(16)13(3)26-29-22/h4-12H,1-3H3,(H,23,27)(H,24,28). The van der Waals surface area contributed by atoms with Gasteiger partial charge in [-0.05, 0) is 48.7 Å². The first-order valence-electron chi connectivity index (χ1n) is 9.45. The second-order valence-corrected chi connectivity index (χ2v) is 8.10. The summed E-state index contributed by atoms with van der Waals surface area (Å²) in [7, 11) is 0. The monoisotopic (exact) mass is 420 g/mol. The Morgan fingerprint density at radius 2 is 1.77 bits per heavy atom. The summed E-state index contributed by atoms with van der Waals surface area (Å²) in [6.07, 6.45) is 0. The first-order chi connectivity index (χ1) is 14.4. The molecular formula is C22H20N4O3S. The van der Waals surface area contributed by atoms with E-state index in [1.807, 2.05) is 31.4 Å². The molecule has 0 aliphatic rings. The largest absolute Gasteiger partial charge is 0.335 e. The number of nitrogens with zero attached hydrogens (tertiary/aromatic N) is 2. The fourth-order valence-electron chi connectivity index (χ4n) is 2.95. The highest BCUT2D eigenvalue weighted by Crippen LogP contribution is 2.30. The van der Waals surface area contributed by atoms with Crippen LogP contribution < -0.4 is 10.6 Å². The molecule has 3 aromatic heterocycles. The Balaban J connectivity index is 1.62. The number of aryl methyl sites for hydroxylation is 1. The average Bonchev–Trinajstić information content (AvgIpc) is 3.39. The third-order valence-corrected chi connectivity index (χ3v) is 5.46. The molecule has 0 unspecified atom stereocenters. The summed E-state index contributed by atoms with van der Waals surface area (Å²) in [6.45, 7) is 5.44. The molecule has 0 saturated carbocycles. The van der Waals surface area contributed by atoms with Gasteiger partial charge < -0.3 is 15.2 Å². The lowest BCUT2D eigenvalue weighted by molar-refractivity contribution is -0.118. The van der Waals surface area contributed by atoms with E-state index in [0.29, 0.717) is 39.4 Å². The zero-order valence-corrected chi connectivity index (χ0v) is 17.5. The molecule has 7 nitrogen and oxygen atoms in total. The minimum atomic E-state index is -0.287. The zero-order valence-electron chi connectivity index (χ0n) is 16.7. The summed E-state index contributed by atoms with van der Waals surface area (Å²) >= 11 is 1.53. The molecule has 4 aromatic rings. The van der Waals surface area contributed by atoms with E-state index in [1.165, 1.54) is 11.3 Å². The Kier molecular flexibility index (Phi) is 5.33. The van der Waals surface area contributed by atoms with Crippen LogP contribution in [0.5, 0.6) is 0 Å². The third kappa shape index (κ3) is 3.95. The molecule has 2 N–H and O–H groups in total. The number of anilines is 2. The molecule has 3 heterocycles. The van der Waals surface area contributed by atoms with Gasteiger partial charge in [0.25, 0.3) is 11.6 Å². The summed E-state index contributed by atoms with van der Waals surface area (Å²) in [6, 6.07) is 12.6. The van der Waals surface area contributed by atoms with Gasteiger partial charge in [0.05, 0.1) is 27.2 Å². The quantitative estimate of drug-likeness (QED) is 0.468. The Morgan fingerprint density at radius 3 is 2.40 bits per heavy atom. The van der Waals surface area contributed by atoms with Crippen LogP contribution in [0.25, 0.3) is 21.7 Å². The highest BCUT2D eigenvalue weighted by atomic mass is 32.1. The van der Waals surface area contributed by atoms with Crippen molar-refractivity contribution in [2.24, 2.45) is 5.92 Å². The predicted octanol–water partition coefficient (Wildman–Crippen LogP) is 5.11. The van der Waals surface area contributed by atoms with Gasteiger partial charge in [0, 0.05) is 17.3 Å². The van der Waals surface area contributed by atoms with Gasteiger partial charge >= 0.3 is 0 Å². The van der Waals surface area contributed by atoms with Crippen molar-refractivity contribution in [2.75, 3.05) is 10.6 Å². The van der Waals surface area contributed by atoms with Gasteiger partial charge in [0.15, 0.2) is 0 Å². The van der Waals surface area contributed by atoms with Crippen molar-refractivity contribution in [1.82, 2.24) is 10.1 Å². The highest BCUT2D eigenvalue weighted by Gasteiger charge is 2.20. The number of pyridine rings is 1. The number of hydrogen-bond acceptors (Lipinski definition) is 6. The van der Waals surface area contributed by atoms with Crippen molar-refractivity contribution in [3.63, 3.8) is 0 Å². The van der Waals surface area contributed by atoms with Crippen molar-refractivity contribution in [1.29, 1.82) is 0 Å². The number of aromatic nitrogens is 2. The van der Waals surface area contributed by atoms with Crippen molar-refractivity contribution >= 4 is 45.6 Å². The van der Waals surface area contributed by atoms with Gasteiger partial charge in [0.1, 0.15) is 0 Å². The molecule has 0 atom stereocenters. The van der Waals surface area contributed by atoms with Gasteiger partial charge in [-0.25, -0.2) is 4.98 Å². The SMILES string of the molecule is Cc1noc2nc(-c3cccs3)cc(C(=O)Nc3ccc(NC(=O)C(C)C)cc3)c12. The molecule has 8 heteroatoms. The van der Waals surface area contributed by atoms with Crippen LogP contribution in [0.3, 0.4) is 0 Å². The number of hydrogen-bond donors (Lipinski definition) is 2. The van der Waals surface area contributed by atoms with E-state index in [1.54, 1.807) is 37.3 Å². The van der Waals surface area contributed by atoms with Crippen molar-refractivity contribution in [3.05, 3.63) is 59.1 Å². The van der Waals surface area contributed by atoms with Crippen LogP contribution in [-0.4, -0.2) is 22.0 Å². The number of thiophene rings is 1. The van der Waals surface area contributed by atoms with E-state index in [-0.39, 0.29) is 17.7 Å². The number of nitrogens with one attached hydrogen (secondary N) is 2. The van der Waals surface area contributed by atoms with E-state index in [9.17, 15) is 9.59 Å². The topological polar surface area (TPSA) is 97.1 Å². The summed E-state index contributed by atoms with van der Waals surface area (Å²) in [5.74, 6) is -0.455. The lowest BCUT2D eigenvalue weighted by Gasteiger charge is -2.10. The molecule has 0 radical (unpaired) electrons. The Bertz CT molecular complexity index is 1210. The molecule has 152 valence electrons. The van der Waals surface area contributed by atoms with Crippen LogP contribution in [0, 0.1) is 12.8 Å². The van der Waals surface area contributed by atoms with Crippen molar-refractivity contribution < 1.29 is 14.1 Å². The molecule has 30 heavy (non-hydrogen) atoms. The number of carbonyl (C=O) groups excluding carboxylic acids is 2. The first kappa shape index (κ1) is 19.8. The number of amides is 2. The van der Waals surface area contributed by atoms with Gasteiger partial charge in [0.2, 0.25) is 5.91 Å². The smallest absolute Gasteiger partial charge is 0.259 e. The maximum atomic E-state index is 13.1. The number of carbonyl (C=O) groups is 2. The van der Waals surface area contributed by atoms with Gasteiger partial charge in [-0.15, -0.1) is 11.3 Å². The summed E-state index contributed by atoms with van der Waals surface area (Å²) in [4.78, 5) is 30.3. The Morgan fingerprint density at radius 1 is 1.07 bits per heavy atom. The normalized spacial score (nSPS) is 11.1. The fourth-order valence-corrected chi connectivity index (χ4v) is 3.63. The van der Waals surface area contributed by atoms with Crippen LogP contribution in [0.15, 0.2) is 52.4 Å². The zero-order chi connectivity index (χ0) is 21.3. The number of rotatable bonds is 5. The molecule has 0 aliphatic heterocycles. The van der Waals surface area contributed by atoms with Crippen LogP contribution in [0.4, 0.5) is 11.4 Å². The van der Waals surface area contributed by atoms with Crippen LogP contribution in [0.1, 0.15) is 29.9 Å². The highest BCUT2D eigenvalue weighted by molar-refractivity contribution is 7.13. The molecule has 1 aromatic carbocycles. The first-order valence-corrected chi connectivity index (χ1v) is 10.3. The van der Waals surface area contributed by atoms with Gasteiger partial charge in [-0.2, -0.15) is 0 Å². The van der Waals surface area contributed by atoms with Gasteiger partial charge in [-0.1, -0.05) is 25.1 Å². The summed E-state index contributed by atoms with van der Waals surface area (Å²) in [5.41, 5.74) is 3.32. The summed E-state index contributed by atoms with van der Waals surface area (Å²) in [5, 5.41) is 12.2. The Hall–Kier alpha value is -3.52. The molecule has 0 spiro atoms. The lowest BCUT2D eigenvalue weighted by Crippen LogP contribution is -2.17. The second kappa shape index (κ2) is 8.08. The second-order valence-electron chi connectivity index (χ2n) is 7.16. The molecule has 0 fully saturated rings. The minimum absolute atomic E-state index is 0.0602. The Labute approximate surface area is 177 Å². The van der Waals surface area contributed by atoms with Gasteiger partial charge in [-0.3, -0.25) is 9.59 Å². The van der Waals surface area contributed by atoms with Crippen LogP contribution >= 0.6 is 11.3 Å². The summed E-state index contributed by atoms with van der Waals surface area (Å²) < 4.78 is 5.32. The predicted molar refractivity (Wildman–Crippen MR) is 118 cm³/mol. The lowest BCUT2D eigenvalue weighted by atomic mass is 10.1. The van der Waals surface area contributed by atoms with Crippen molar-refractivity contribution in [3.8, 4) is 10.6 Å².